The predicted molar refractivity (Wildman–Crippen MR) is 85.3 cm³/mol. The van der Waals surface area contributed by atoms with Crippen molar-refractivity contribution >= 4 is 27.6 Å². The zero-order valence-electron chi connectivity index (χ0n) is 11.4. The first-order chi connectivity index (χ1) is 9.72. The van der Waals surface area contributed by atoms with Crippen LogP contribution in [0, 0.1) is 0 Å². The van der Waals surface area contributed by atoms with Gasteiger partial charge in [-0.1, -0.05) is 41.1 Å². The number of nitrogens with two attached hydrogens (primary N) is 1. The Balaban J connectivity index is 2.12. The molecule has 1 aromatic heterocycles. The molecule has 0 fully saturated rings. The fraction of sp³-hybridized carbons (Fsp3) is 0.286. The molecule has 0 unspecified atom stereocenters. The Bertz CT molecular complexity index is 573. The number of hydrogen-bond donors (Lipinski definition) is 3. The molecule has 0 amide bonds. The molecule has 0 saturated heterocycles. The fourth-order valence-electron chi connectivity index (χ4n) is 1.82. The van der Waals surface area contributed by atoms with Crippen LogP contribution in [0.1, 0.15) is 24.7 Å². The highest BCUT2D eigenvalue weighted by atomic mass is 79.9. The van der Waals surface area contributed by atoms with Crippen molar-refractivity contribution in [2.75, 3.05) is 10.7 Å². The third-order valence-electron chi connectivity index (χ3n) is 2.81. The van der Waals surface area contributed by atoms with Crippen molar-refractivity contribution in [1.82, 2.24) is 9.97 Å². The Morgan fingerprint density at radius 3 is 2.65 bits per heavy atom. The first kappa shape index (κ1) is 14.7. The van der Waals surface area contributed by atoms with Gasteiger partial charge in [0.1, 0.15) is 17.5 Å². The molecule has 2 rings (SSSR count). The predicted octanol–water partition coefficient (Wildman–Crippen LogP) is 3.09. The van der Waals surface area contributed by atoms with Crippen LogP contribution in [0.3, 0.4) is 0 Å². The zero-order valence-corrected chi connectivity index (χ0v) is 12.9. The number of hydrazine groups is 1. The van der Waals surface area contributed by atoms with Gasteiger partial charge in [0.05, 0.1) is 0 Å². The molecular formula is C14H18BrN5. The summed E-state index contributed by atoms with van der Waals surface area (Å²) in [5.74, 6) is 7.62. The maximum Gasteiger partial charge on any atom is 0.145 e. The lowest BCUT2D eigenvalue weighted by atomic mass is 10.2. The highest BCUT2D eigenvalue weighted by molar-refractivity contribution is 9.10. The monoisotopic (exact) mass is 335 g/mol. The normalized spacial score (nSPS) is 10.3. The minimum Gasteiger partial charge on any atom is -0.366 e. The van der Waals surface area contributed by atoms with E-state index in [9.17, 15) is 0 Å². The lowest BCUT2D eigenvalue weighted by Crippen LogP contribution is -2.12. The number of hydrogen-bond acceptors (Lipinski definition) is 5. The van der Waals surface area contributed by atoms with E-state index < -0.39 is 0 Å². The Kier molecular flexibility index (Phi) is 5.31. The number of nitrogens with zero attached hydrogens (tertiary/aromatic N) is 2. The van der Waals surface area contributed by atoms with Crippen LogP contribution in [0.4, 0.5) is 11.6 Å². The third kappa shape index (κ3) is 3.91. The maximum absolute atomic E-state index is 5.44. The van der Waals surface area contributed by atoms with Gasteiger partial charge in [0.25, 0.3) is 0 Å². The van der Waals surface area contributed by atoms with Gasteiger partial charge in [-0.15, -0.1) is 0 Å². The van der Waals surface area contributed by atoms with Crippen LogP contribution in [0.5, 0.6) is 0 Å². The number of aryl methyl sites for hydroxylation is 1. The molecule has 4 N–H and O–H groups in total. The number of anilines is 2. The number of aromatic nitrogens is 2. The van der Waals surface area contributed by atoms with Crippen LogP contribution < -0.4 is 16.6 Å². The summed E-state index contributed by atoms with van der Waals surface area (Å²) in [6.07, 6.45) is 1.83. The van der Waals surface area contributed by atoms with Gasteiger partial charge >= 0.3 is 0 Å². The molecule has 0 aliphatic carbocycles. The second kappa shape index (κ2) is 7.21. The Hall–Kier alpha value is -1.66. The van der Waals surface area contributed by atoms with Gasteiger partial charge < -0.3 is 10.7 Å². The van der Waals surface area contributed by atoms with Crippen LogP contribution in [-0.4, -0.2) is 9.97 Å². The zero-order chi connectivity index (χ0) is 14.4. The van der Waals surface area contributed by atoms with E-state index in [1.165, 1.54) is 5.56 Å². The van der Waals surface area contributed by atoms with Crippen molar-refractivity contribution < 1.29 is 0 Å². The summed E-state index contributed by atoms with van der Waals surface area (Å²) in [5, 5.41) is 3.30. The molecule has 2 aromatic rings. The van der Waals surface area contributed by atoms with Crippen molar-refractivity contribution in [3.8, 4) is 0 Å². The van der Waals surface area contributed by atoms with Gasteiger partial charge in [0.2, 0.25) is 0 Å². The van der Waals surface area contributed by atoms with E-state index >= 15 is 0 Å². The smallest absolute Gasteiger partial charge is 0.145 e. The molecule has 1 aromatic carbocycles. The molecule has 20 heavy (non-hydrogen) atoms. The summed E-state index contributed by atoms with van der Waals surface area (Å²) >= 11 is 3.53. The third-order valence-corrected chi connectivity index (χ3v) is 3.59. The lowest BCUT2D eigenvalue weighted by molar-refractivity contribution is 0.834. The van der Waals surface area contributed by atoms with Gasteiger partial charge in [-0.05, 0) is 18.1 Å². The van der Waals surface area contributed by atoms with Crippen molar-refractivity contribution in [3.63, 3.8) is 0 Å². The maximum atomic E-state index is 5.44. The summed E-state index contributed by atoms with van der Waals surface area (Å²) in [6, 6.07) is 9.89. The highest BCUT2D eigenvalue weighted by Crippen LogP contribution is 2.18. The summed E-state index contributed by atoms with van der Waals surface area (Å²) in [6.45, 7) is 2.79. The standard InChI is InChI=1S/C14H18BrN5/c1-2-5-12-18-13(8-14(19-12)20-16)17-9-10-6-3-4-7-11(10)15/h3-4,6-8H,2,5,9,16H2,1H3,(H2,17,18,19,20). The molecule has 0 atom stereocenters. The van der Waals surface area contributed by atoms with Crippen molar-refractivity contribution in [1.29, 1.82) is 0 Å². The first-order valence-corrected chi connectivity index (χ1v) is 7.34. The second-order valence-electron chi connectivity index (χ2n) is 4.39. The minimum atomic E-state index is 0.623. The molecule has 1 heterocycles. The van der Waals surface area contributed by atoms with E-state index in [0.29, 0.717) is 12.4 Å². The van der Waals surface area contributed by atoms with E-state index in [1.54, 1.807) is 6.07 Å². The minimum absolute atomic E-state index is 0.623. The molecule has 0 spiro atoms. The average Bonchev–Trinajstić information content (AvgIpc) is 2.46. The van der Waals surface area contributed by atoms with Gasteiger partial charge in [-0.25, -0.2) is 15.8 Å². The van der Waals surface area contributed by atoms with E-state index in [0.717, 1.165) is 29.0 Å². The fourth-order valence-corrected chi connectivity index (χ4v) is 2.25. The number of nitrogen functional groups attached to an aromatic ring is 1. The second-order valence-corrected chi connectivity index (χ2v) is 5.25. The Labute approximate surface area is 127 Å². The van der Waals surface area contributed by atoms with E-state index in [4.69, 9.17) is 5.84 Å². The van der Waals surface area contributed by atoms with Gasteiger partial charge in [0, 0.05) is 23.5 Å². The summed E-state index contributed by atoms with van der Waals surface area (Å²) in [7, 11) is 0. The van der Waals surface area contributed by atoms with Gasteiger partial charge in [-0.2, -0.15) is 0 Å². The molecule has 0 saturated carbocycles. The molecule has 0 radical (unpaired) electrons. The van der Waals surface area contributed by atoms with Gasteiger partial charge in [-0.3, -0.25) is 0 Å². The number of halogens is 1. The molecule has 0 aliphatic heterocycles. The van der Waals surface area contributed by atoms with Crippen molar-refractivity contribution in [2.24, 2.45) is 5.84 Å². The number of rotatable bonds is 6. The molecule has 0 aliphatic rings. The van der Waals surface area contributed by atoms with E-state index in [-0.39, 0.29) is 0 Å². The lowest BCUT2D eigenvalue weighted by Gasteiger charge is -2.10. The molecule has 0 bridgehead atoms. The first-order valence-electron chi connectivity index (χ1n) is 6.54. The van der Waals surface area contributed by atoms with Crippen LogP contribution in [0.25, 0.3) is 0 Å². The summed E-state index contributed by atoms with van der Waals surface area (Å²) in [5.41, 5.74) is 3.75. The highest BCUT2D eigenvalue weighted by Gasteiger charge is 2.04. The summed E-state index contributed by atoms with van der Waals surface area (Å²) < 4.78 is 1.08. The van der Waals surface area contributed by atoms with Crippen LogP contribution in [-0.2, 0) is 13.0 Å². The SMILES string of the molecule is CCCc1nc(NN)cc(NCc2ccccc2Br)n1. The quantitative estimate of drug-likeness (QED) is 0.558. The molecule has 106 valence electrons. The molecule has 6 heteroatoms. The average molecular weight is 336 g/mol. The van der Waals surface area contributed by atoms with Gasteiger partial charge in [0.15, 0.2) is 0 Å². The Morgan fingerprint density at radius 1 is 1.20 bits per heavy atom. The summed E-state index contributed by atoms with van der Waals surface area (Å²) in [4.78, 5) is 8.80. The topological polar surface area (TPSA) is 75.9 Å². The number of nitrogens with one attached hydrogen (secondary N) is 2. The van der Waals surface area contributed by atoms with Crippen molar-refractivity contribution in [2.45, 2.75) is 26.3 Å². The van der Waals surface area contributed by atoms with E-state index in [1.807, 2.05) is 18.2 Å². The van der Waals surface area contributed by atoms with Crippen molar-refractivity contribution in [3.05, 3.63) is 46.2 Å². The number of benzene rings is 1. The molecular weight excluding hydrogens is 318 g/mol. The van der Waals surface area contributed by atoms with Crippen LogP contribution >= 0.6 is 15.9 Å². The van der Waals surface area contributed by atoms with Crippen LogP contribution in [0.2, 0.25) is 0 Å². The van der Waals surface area contributed by atoms with E-state index in [2.05, 4.69) is 49.6 Å². The molecule has 5 nitrogen and oxygen atoms in total. The Morgan fingerprint density at radius 2 is 1.95 bits per heavy atom. The van der Waals surface area contributed by atoms with Crippen LogP contribution in [0.15, 0.2) is 34.8 Å². The largest absolute Gasteiger partial charge is 0.366 e.